The highest BCUT2D eigenvalue weighted by molar-refractivity contribution is 7.09. The Balaban J connectivity index is 2.70. The lowest BCUT2D eigenvalue weighted by atomic mass is 9.90. The third-order valence-corrected chi connectivity index (χ3v) is 4.15. The van der Waals surface area contributed by atoms with Crippen molar-refractivity contribution in [3.05, 3.63) is 16.1 Å². The minimum atomic E-state index is -0.894. The Hall–Kier alpha value is -0.480. The second-order valence-corrected chi connectivity index (χ2v) is 7.18. The van der Waals surface area contributed by atoms with Gasteiger partial charge < -0.3 is 5.73 Å². The Morgan fingerprint density at radius 3 is 2.39 bits per heavy atom. The van der Waals surface area contributed by atoms with E-state index in [0.717, 1.165) is 10.7 Å². The van der Waals surface area contributed by atoms with Crippen LogP contribution in [0.2, 0.25) is 0 Å². The molecular formula is C14H25FN2S. The molecule has 4 heteroatoms. The van der Waals surface area contributed by atoms with Gasteiger partial charge in [0.05, 0.1) is 10.7 Å². The molecule has 104 valence electrons. The van der Waals surface area contributed by atoms with Gasteiger partial charge in [0, 0.05) is 23.1 Å². The van der Waals surface area contributed by atoms with Crippen LogP contribution >= 0.6 is 11.3 Å². The van der Waals surface area contributed by atoms with Crippen LogP contribution in [0.3, 0.4) is 0 Å². The summed E-state index contributed by atoms with van der Waals surface area (Å²) in [6.45, 7) is 10.8. The van der Waals surface area contributed by atoms with Crippen LogP contribution < -0.4 is 5.73 Å². The van der Waals surface area contributed by atoms with Crippen molar-refractivity contribution in [1.29, 1.82) is 0 Å². The van der Waals surface area contributed by atoms with Crippen LogP contribution in [0.1, 0.15) is 45.3 Å². The Labute approximate surface area is 114 Å². The van der Waals surface area contributed by atoms with Crippen LogP contribution in [0.25, 0.3) is 0 Å². The van der Waals surface area contributed by atoms with Crippen molar-refractivity contribution < 1.29 is 4.39 Å². The van der Waals surface area contributed by atoms with E-state index in [2.05, 4.69) is 25.8 Å². The van der Waals surface area contributed by atoms with Crippen molar-refractivity contribution in [2.24, 2.45) is 17.6 Å². The first kappa shape index (κ1) is 15.6. The van der Waals surface area contributed by atoms with Gasteiger partial charge in [-0.1, -0.05) is 34.6 Å². The molecular weight excluding hydrogens is 247 g/mol. The zero-order valence-corrected chi connectivity index (χ0v) is 12.9. The van der Waals surface area contributed by atoms with Crippen molar-refractivity contribution in [1.82, 2.24) is 4.98 Å². The molecule has 2 N–H and O–H groups in total. The van der Waals surface area contributed by atoms with E-state index >= 15 is 0 Å². The Bertz CT molecular complexity index is 368. The third kappa shape index (κ3) is 4.02. The second kappa shape index (κ2) is 6.11. The molecule has 0 aliphatic carbocycles. The van der Waals surface area contributed by atoms with Crippen molar-refractivity contribution in [2.45, 2.75) is 52.6 Å². The van der Waals surface area contributed by atoms with Crippen molar-refractivity contribution in [2.75, 3.05) is 6.54 Å². The minimum absolute atomic E-state index is 0.0336. The third-order valence-electron chi connectivity index (χ3n) is 3.28. The molecule has 1 rings (SSSR count). The van der Waals surface area contributed by atoms with E-state index < -0.39 is 6.17 Å². The maximum atomic E-state index is 14.2. The van der Waals surface area contributed by atoms with Crippen molar-refractivity contribution >= 4 is 11.3 Å². The lowest BCUT2D eigenvalue weighted by Crippen LogP contribution is -2.30. The summed E-state index contributed by atoms with van der Waals surface area (Å²) in [5.41, 5.74) is 6.72. The maximum Gasteiger partial charge on any atom is 0.111 e. The van der Waals surface area contributed by atoms with Crippen LogP contribution in [0.4, 0.5) is 4.39 Å². The summed E-state index contributed by atoms with van der Waals surface area (Å²) in [5, 5.41) is 2.92. The molecule has 18 heavy (non-hydrogen) atoms. The number of thiazole rings is 1. The Kier molecular flexibility index (Phi) is 5.29. The predicted octanol–water partition coefficient (Wildman–Crippen LogP) is 3.55. The molecule has 0 amide bonds. The van der Waals surface area contributed by atoms with Gasteiger partial charge in [-0.15, -0.1) is 11.3 Å². The first-order chi connectivity index (χ1) is 8.25. The lowest BCUT2D eigenvalue weighted by Gasteiger charge is -2.22. The van der Waals surface area contributed by atoms with Gasteiger partial charge in [0.15, 0.2) is 0 Å². The topological polar surface area (TPSA) is 38.9 Å². The summed E-state index contributed by atoms with van der Waals surface area (Å²) in [7, 11) is 0. The van der Waals surface area contributed by atoms with Gasteiger partial charge >= 0.3 is 0 Å². The largest absolute Gasteiger partial charge is 0.330 e. The summed E-state index contributed by atoms with van der Waals surface area (Å²) < 4.78 is 14.2. The molecule has 0 bridgehead atoms. The summed E-state index contributed by atoms with van der Waals surface area (Å²) in [4.78, 5) is 4.54. The summed E-state index contributed by atoms with van der Waals surface area (Å²) in [6, 6.07) is 0. The number of aromatic nitrogens is 1. The number of nitrogens with two attached hydrogens (primary N) is 1. The number of hydrogen-bond acceptors (Lipinski definition) is 3. The SMILES string of the molecule is CC(C)C(CN)C(F)Cc1nc(C(C)(C)C)cs1. The molecule has 2 unspecified atom stereocenters. The zero-order chi connectivity index (χ0) is 13.9. The molecule has 0 aromatic carbocycles. The maximum absolute atomic E-state index is 14.2. The second-order valence-electron chi connectivity index (χ2n) is 6.24. The van der Waals surface area contributed by atoms with Crippen molar-refractivity contribution in [3.63, 3.8) is 0 Å². The van der Waals surface area contributed by atoms with Crippen molar-refractivity contribution in [3.8, 4) is 0 Å². The fraction of sp³-hybridized carbons (Fsp3) is 0.786. The molecule has 0 radical (unpaired) electrons. The van der Waals surface area contributed by atoms with Crippen LogP contribution in [0.15, 0.2) is 5.38 Å². The van der Waals surface area contributed by atoms with Crippen LogP contribution in [0.5, 0.6) is 0 Å². The molecule has 1 aromatic rings. The van der Waals surface area contributed by atoms with Crippen LogP contribution in [0, 0.1) is 11.8 Å². The lowest BCUT2D eigenvalue weighted by molar-refractivity contribution is 0.185. The molecule has 2 atom stereocenters. The highest BCUT2D eigenvalue weighted by Crippen LogP contribution is 2.27. The van der Waals surface area contributed by atoms with E-state index in [-0.39, 0.29) is 17.3 Å². The normalized spacial score (nSPS) is 16.0. The van der Waals surface area contributed by atoms with Gasteiger partial charge in [0.1, 0.15) is 6.17 Å². The Morgan fingerprint density at radius 1 is 1.39 bits per heavy atom. The molecule has 0 aliphatic rings. The number of hydrogen-bond donors (Lipinski definition) is 1. The highest BCUT2D eigenvalue weighted by Gasteiger charge is 2.25. The Morgan fingerprint density at radius 2 is 2.00 bits per heavy atom. The summed E-state index contributed by atoms with van der Waals surface area (Å²) >= 11 is 1.55. The fourth-order valence-electron chi connectivity index (χ4n) is 1.90. The van der Waals surface area contributed by atoms with E-state index in [1.165, 1.54) is 0 Å². The monoisotopic (exact) mass is 272 g/mol. The standard InChI is InChI=1S/C14H25FN2S/c1-9(2)10(7-16)11(15)6-13-17-12(8-18-13)14(3,4)5/h8-11H,6-7,16H2,1-5H3. The number of alkyl halides is 1. The number of nitrogens with zero attached hydrogens (tertiary/aromatic N) is 1. The molecule has 1 aromatic heterocycles. The molecule has 1 heterocycles. The van der Waals surface area contributed by atoms with E-state index in [0.29, 0.717) is 13.0 Å². The van der Waals surface area contributed by atoms with E-state index in [1.54, 1.807) is 11.3 Å². The average Bonchev–Trinajstić information content (AvgIpc) is 2.65. The molecule has 2 nitrogen and oxygen atoms in total. The number of halogens is 1. The number of rotatable bonds is 5. The zero-order valence-electron chi connectivity index (χ0n) is 12.0. The van der Waals surface area contributed by atoms with Gasteiger partial charge in [-0.25, -0.2) is 9.37 Å². The molecule has 0 spiro atoms. The summed E-state index contributed by atoms with van der Waals surface area (Å²) in [6.07, 6.45) is -0.505. The van der Waals surface area contributed by atoms with E-state index in [9.17, 15) is 4.39 Å². The molecule has 0 saturated carbocycles. The van der Waals surface area contributed by atoms with Crippen LogP contribution in [-0.2, 0) is 11.8 Å². The first-order valence-electron chi connectivity index (χ1n) is 6.54. The first-order valence-corrected chi connectivity index (χ1v) is 7.42. The average molecular weight is 272 g/mol. The molecule has 0 aliphatic heterocycles. The minimum Gasteiger partial charge on any atom is -0.330 e. The quantitative estimate of drug-likeness (QED) is 0.890. The van der Waals surface area contributed by atoms with Crippen LogP contribution in [-0.4, -0.2) is 17.7 Å². The molecule has 0 fully saturated rings. The van der Waals surface area contributed by atoms with E-state index in [4.69, 9.17) is 5.73 Å². The van der Waals surface area contributed by atoms with Gasteiger partial charge in [0.2, 0.25) is 0 Å². The predicted molar refractivity (Wildman–Crippen MR) is 76.8 cm³/mol. The van der Waals surface area contributed by atoms with Gasteiger partial charge in [-0.3, -0.25) is 0 Å². The fourth-order valence-corrected chi connectivity index (χ4v) is 2.97. The van der Waals surface area contributed by atoms with E-state index in [1.807, 2.05) is 19.2 Å². The van der Waals surface area contributed by atoms with Gasteiger partial charge in [-0.2, -0.15) is 0 Å². The van der Waals surface area contributed by atoms with Gasteiger partial charge in [0.25, 0.3) is 0 Å². The smallest absolute Gasteiger partial charge is 0.111 e. The highest BCUT2D eigenvalue weighted by atomic mass is 32.1. The molecule has 0 saturated heterocycles. The summed E-state index contributed by atoms with van der Waals surface area (Å²) in [5.74, 6) is 0.194. The van der Waals surface area contributed by atoms with Gasteiger partial charge in [-0.05, 0) is 12.5 Å².